The first kappa shape index (κ1) is 11.6. The van der Waals surface area contributed by atoms with Gasteiger partial charge in [0.25, 0.3) is 0 Å². The van der Waals surface area contributed by atoms with Crippen molar-refractivity contribution in [2.75, 3.05) is 13.2 Å². The van der Waals surface area contributed by atoms with Crippen molar-refractivity contribution in [2.45, 2.75) is 25.6 Å². The Bertz CT molecular complexity index is 319. The second-order valence-electron chi connectivity index (χ2n) is 4.30. The van der Waals surface area contributed by atoms with Gasteiger partial charge in [-0.2, -0.15) is 0 Å². The van der Waals surface area contributed by atoms with Gasteiger partial charge < -0.3 is 10.5 Å². The van der Waals surface area contributed by atoms with Crippen LogP contribution in [-0.2, 0) is 11.3 Å². The molecule has 1 unspecified atom stereocenters. The predicted octanol–water partition coefficient (Wildman–Crippen LogP) is 2.58. The lowest BCUT2D eigenvalue weighted by molar-refractivity contribution is 0.0365. The van der Waals surface area contributed by atoms with Crippen LogP contribution < -0.4 is 5.73 Å². The van der Waals surface area contributed by atoms with Crippen LogP contribution in [0, 0.1) is 5.92 Å². The van der Waals surface area contributed by atoms with Gasteiger partial charge in [-0.25, -0.2) is 4.39 Å². The summed E-state index contributed by atoms with van der Waals surface area (Å²) in [6.45, 7) is 1.88. The number of alkyl halides is 1. The van der Waals surface area contributed by atoms with Crippen molar-refractivity contribution in [3.8, 4) is 0 Å². The van der Waals surface area contributed by atoms with E-state index < -0.39 is 6.17 Å². The van der Waals surface area contributed by atoms with E-state index in [2.05, 4.69) is 0 Å². The fourth-order valence-corrected chi connectivity index (χ4v) is 2.12. The molecule has 2 nitrogen and oxygen atoms in total. The molecule has 0 bridgehead atoms. The molecule has 0 spiro atoms. The maximum absolute atomic E-state index is 14.2. The summed E-state index contributed by atoms with van der Waals surface area (Å²) in [7, 11) is 0. The largest absolute Gasteiger partial charge is 0.381 e. The standard InChI is InChI=1S/C13H18FNO/c14-13(12-5-7-16-8-6-12)11-3-1-10(9-15)2-4-11/h1-4,12-13H,5-9,15H2. The number of benzene rings is 1. The summed E-state index contributed by atoms with van der Waals surface area (Å²) in [6, 6.07) is 7.51. The maximum Gasteiger partial charge on any atom is 0.128 e. The van der Waals surface area contributed by atoms with Crippen LogP contribution in [0.3, 0.4) is 0 Å². The Kier molecular flexibility index (Phi) is 3.91. The van der Waals surface area contributed by atoms with E-state index in [4.69, 9.17) is 10.5 Å². The Labute approximate surface area is 95.6 Å². The van der Waals surface area contributed by atoms with Crippen LogP contribution in [0.5, 0.6) is 0 Å². The number of nitrogens with two attached hydrogens (primary N) is 1. The Morgan fingerprint density at radius 3 is 2.44 bits per heavy atom. The molecule has 1 aromatic carbocycles. The number of halogens is 1. The maximum atomic E-state index is 14.2. The number of ether oxygens (including phenoxy) is 1. The Morgan fingerprint density at radius 2 is 1.88 bits per heavy atom. The first-order valence-corrected chi connectivity index (χ1v) is 5.82. The van der Waals surface area contributed by atoms with Gasteiger partial charge in [-0.3, -0.25) is 0 Å². The van der Waals surface area contributed by atoms with Crippen molar-refractivity contribution in [1.82, 2.24) is 0 Å². The van der Waals surface area contributed by atoms with Crippen LogP contribution in [0.15, 0.2) is 24.3 Å². The zero-order valence-electron chi connectivity index (χ0n) is 9.36. The molecule has 0 amide bonds. The van der Waals surface area contributed by atoms with Crippen LogP contribution in [0.2, 0.25) is 0 Å². The normalized spacial score (nSPS) is 19.6. The van der Waals surface area contributed by atoms with Gasteiger partial charge >= 0.3 is 0 Å². The fourth-order valence-electron chi connectivity index (χ4n) is 2.12. The van der Waals surface area contributed by atoms with E-state index in [9.17, 15) is 4.39 Å². The summed E-state index contributed by atoms with van der Waals surface area (Å²) >= 11 is 0. The van der Waals surface area contributed by atoms with Gasteiger partial charge in [-0.15, -0.1) is 0 Å². The van der Waals surface area contributed by atoms with Crippen LogP contribution in [0.4, 0.5) is 4.39 Å². The van der Waals surface area contributed by atoms with Crippen molar-refractivity contribution >= 4 is 0 Å². The molecule has 0 aromatic heterocycles. The van der Waals surface area contributed by atoms with Gasteiger partial charge in [-0.1, -0.05) is 24.3 Å². The van der Waals surface area contributed by atoms with E-state index in [-0.39, 0.29) is 5.92 Å². The van der Waals surface area contributed by atoms with Crippen LogP contribution in [0.1, 0.15) is 30.1 Å². The first-order valence-electron chi connectivity index (χ1n) is 5.82. The number of rotatable bonds is 3. The Morgan fingerprint density at radius 1 is 1.25 bits per heavy atom. The van der Waals surface area contributed by atoms with Gasteiger partial charge in [0.2, 0.25) is 0 Å². The molecule has 0 aliphatic carbocycles. The van der Waals surface area contributed by atoms with Crippen LogP contribution in [0.25, 0.3) is 0 Å². The highest BCUT2D eigenvalue weighted by molar-refractivity contribution is 5.24. The van der Waals surface area contributed by atoms with Crippen LogP contribution >= 0.6 is 0 Å². The second-order valence-corrected chi connectivity index (χ2v) is 4.30. The minimum absolute atomic E-state index is 0.109. The van der Waals surface area contributed by atoms with E-state index in [0.29, 0.717) is 19.8 Å². The van der Waals surface area contributed by atoms with Gasteiger partial charge in [0, 0.05) is 19.8 Å². The highest BCUT2D eigenvalue weighted by Gasteiger charge is 2.24. The lowest BCUT2D eigenvalue weighted by Crippen LogP contribution is -2.19. The summed E-state index contributed by atoms with van der Waals surface area (Å²) < 4.78 is 19.4. The summed E-state index contributed by atoms with van der Waals surface area (Å²) in [5, 5.41) is 0. The zero-order chi connectivity index (χ0) is 11.4. The van der Waals surface area contributed by atoms with Gasteiger partial charge in [0.1, 0.15) is 6.17 Å². The van der Waals surface area contributed by atoms with Crippen molar-refractivity contribution < 1.29 is 9.13 Å². The van der Waals surface area contributed by atoms with Gasteiger partial charge in [0.15, 0.2) is 0 Å². The molecule has 2 rings (SSSR count). The summed E-state index contributed by atoms with van der Waals surface area (Å²) in [5.74, 6) is 0.109. The highest BCUT2D eigenvalue weighted by atomic mass is 19.1. The molecule has 3 heteroatoms. The molecule has 1 aliphatic rings. The third-order valence-electron chi connectivity index (χ3n) is 3.21. The minimum Gasteiger partial charge on any atom is -0.381 e. The molecular weight excluding hydrogens is 205 g/mol. The lowest BCUT2D eigenvalue weighted by atomic mass is 9.90. The first-order chi connectivity index (χ1) is 7.81. The summed E-state index contributed by atoms with van der Waals surface area (Å²) in [5.41, 5.74) is 7.32. The molecule has 0 radical (unpaired) electrons. The number of hydrogen-bond acceptors (Lipinski definition) is 2. The van der Waals surface area contributed by atoms with E-state index in [1.165, 1.54) is 0 Å². The van der Waals surface area contributed by atoms with E-state index in [1.807, 2.05) is 24.3 Å². The Hall–Kier alpha value is -0.930. The molecule has 88 valence electrons. The molecule has 0 saturated carbocycles. The van der Waals surface area contributed by atoms with Crippen molar-refractivity contribution in [3.63, 3.8) is 0 Å². The molecule has 1 fully saturated rings. The molecule has 1 aromatic rings. The quantitative estimate of drug-likeness (QED) is 0.854. The smallest absolute Gasteiger partial charge is 0.128 e. The second kappa shape index (κ2) is 5.41. The third-order valence-corrected chi connectivity index (χ3v) is 3.21. The lowest BCUT2D eigenvalue weighted by Gasteiger charge is -2.25. The Balaban J connectivity index is 2.04. The molecule has 1 heterocycles. The SMILES string of the molecule is NCc1ccc(C(F)C2CCOCC2)cc1. The minimum atomic E-state index is -0.865. The predicted molar refractivity (Wildman–Crippen MR) is 61.7 cm³/mol. The van der Waals surface area contributed by atoms with E-state index in [1.54, 1.807) is 0 Å². The summed E-state index contributed by atoms with van der Waals surface area (Å²) in [4.78, 5) is 0. The van der Waals surface area contributed by atoms with Gasteiger partial charge in [0.05, 0.1) is 0 Å². The highest BCUT2D eigenvalue weighted by Crippen LogP contribution is 2.33. The van der Waals surface area contributed by atoms with Gasteiger partial charge in [-0.05, 0) is 29.9 Å². The average molecular weight is 223 g/mol. The topological polar surface area (TPSA) is 35.2 Å². The molecule has 1 atom stereocenters. The molecular formula is C13H18FNO. The molecule has 1 aliphatic heterocycles. The molecule has 2 N–H and O–H groups in total. The van der Waals surface area contributed by atoms with Crippen molar-refractivity contribution in [3.05, 3.63) is 35.4 Å². The van der Waals surface area contributed by atoms with Crippen molar-refractivity contribution in [1.29, 1.82) is 0 Å². The average Bonchev–Trinajstić information content (AvgIpc) is 2.39. The fraction of sp³-hybridized carbons (Fsp3) is 0.538. The molecule has 1 saturated heterocycles. The van der Waals surface area contributed by atoms with E-state index >= 15 is 0 Å². The zero-order valence-corrected chi connectivity index (χ0v) is 9.36. The van der Waals surface area contributed by atoms with Crippen molar-refractivity contribution in [2.24, 2.45) is 11.7 Å². The monoisotopic (exact) mass is 223 g/mol. The number of hydrogen-bond donors (Lipinski definition) is 1. The van der Waals surface area contributed by atoms with E-state index in [0.717, 1.165) is 24.0 Å². The van der Waals surface area contributed by atoms with Crippen LogP contribution in [-0.4, -0.2) is 13.2 Å². The molecule has 16 heavy (non-hydrogen) atoms. The summed E-state index contributed by atoms with van der Waals surface area (Å²) in [6.07, 6.45) is 0.773. The third kappa shape index (κ3) is 2.60.